The average Bonchev–Trinajstić information content (AvgIpc) is 3.59. The van der Waals surface area contributed by atoms with Gasteiger partial charge in [0.05, 0.1) is 24.1 Å². The molecule has 7 nitrogen and oxygen atoms in total. The van der Waals surface area contributed by atoms with E-state index >= 15 is 4.39 Å². The second kappa shape index (κ2) is 12.3. The lowest BCUT2D eigenvalue weighted by atomic mass is 9.95. The number of thioether (sulfide) groups is 1. The molecule has 0 bridgehead atoms. The molecule has 2 aliphatic rings. The molecule has 2 aromatic carbocycles. The highest BCUT2D eigenvalue weighted by Crippen LogP contribution is 2.40. The molecule has 0 saturated carbocycles. The highest BCUT2D eigenvalue weighted by Gasteiger charge is 2.45. The summed E-state index contributed by atoms with van der Waals surface area (Å²) in [6.45, 7) is 6.43. The van der Waals surface area contributed by atoms with E-state index in [0.717, 1.165) is 38.8 Å². The Morgan fingerprint density at radius 3 is 2.62 bits per heavy atom. The number of rotatable bonds is 11. The highest BCUT2D eigenvalue weighted by molar-refractivity contribution is 7.99. The van der Waals surface area contributed by atoms with Crippen LogP contribution in [0.2, 0.25) is 0 Å². The van der Waals surface area contributed by atoms with E-state index in [2.05, 4.69) is 28.0 Å². The number of aromatic nitrogens is 3. The Hall–Kier alpha value is -3.08. The number of ether oxygens (including phenoxy) is 2. The van der Waals surface area contributed by atoms with Crippen molar-refractivity contribution in [1.29, 1.82) is 0 Å². The first-order chi connectivity index (χ1) is 20.4. The van der Waals surface area contributed by atoms with Gasteiger partial charge in [-0.25, -0.2) is 8.78 Å². The van der Waals surface area contributed by atoms with Gasteiger partial charge in [0.2, 0.25) is 0 Å². The Bertz CT molecular complexity index is 1570. The molecule has 1 unspecified atom stereocenters. The minimum atomic E-state index is -0.628. The Kier molecular flexibility index (Phi) is 8.47. The largest absolute Gasteiger partial charge is 0.461 e. The zero-order valence-corrected chi connectivity index (χ0v) is 25.2. The fourth-order valence-electron chi connectivity index (χ4n) is 6.34. The van der Waals surface area contributed by atoms with Gasteiger partial charge >= 0.3 is 6.01 Å². The number of pyridine rings is 1. The molecule has 0 amide bonds. The van der Waals surface area contributed by atoms with Crippen LogP contribution >= 0.6 is 11.8 Å². The van der Waals surface area contributed by atoms with Crippen molar-refractivity contribution in [3.63, 3.8) is 0 Å². The predicted molar refractivity (Wildman–Crippen MR) is 166 cm³/mol. The van der Waals surface area contributed by atoms with Crippen molar-refractivity contribution in [1.82, 2.24) is 19.9 Å². The topological polar surface area (TPSA) is 63.6 Å². The summed E-state index contributed by atoms with van der Waals surface area (Å²) in [5.74, 6) is -0.535. The average molecular weight is 594 g/mol. The predicted octanol–water partition coefficient (Wildman–Crippen LogP) is 6.33. The maximum atomic E-state index is 16.4. The molecule has 0 radical (unpaired) electrons. The first-order valence-electron chi connectivity index (χ1n) is 14.6. The Labute approximate surface area is 249 Å². The maximum Gasteiger partial charge on any atom is 0.319 e. The lowest BCUT2D eigenvalue weighted by Gasteiger charge is -2.31. The van der Waals surface area contributed by atoms with Gasteiger partial charge in [-0.05, 0) is 56.5 Å². The van der Waals surface area contributed by atoms with Crippen molar-refractivity contribution in [2.75, 3.05) is 57.7 Å². The third-order valence-electron chi connectivity index (χ3n) is 8.72. The molecule has 4 aromatic rings. The third kappa shape index (κ3) is 5.52. The van der Waals surface area contributed by atoms with Gasteiger partial charge in [-0.3, -0.25) is 9.88 Å². The number of nitrogens with zero attached hydrogens (tertiary/aromatic N) is 5. The van der Waals surface area contributed by atoms with Crippen LogP contribution in [0.15, 0.2) is 42.6 Å². The summed E-state index contributed by atoms with van der Waals surface area (Å²) in [6.07, 6.45) is 8.09. The molecule has 4 heterocycles. The van der Waals surface area contributed by atoms with E-state index in [-0.39, 0.29) is 22.8 Å². The number of likely N-dealkylation sites (N-methyl/N-ethyl adjacent to an activating group) is 1. The first kappa shape index (κ1) is 29.0. The van der Waals surface area contributed by atoms with E-state index in [1.165, 1.54) is 6.07 Å². The van der Waals surface area contributed by atoms with Gasteiger partial charge in [-0.2, -0.15) is 21.7 Å². The van der Waals surface area contributed by atoms with Crippen LogP contribution in [0.5, 0.6) is 6.01 Å². The molecule has 2 aliphatic heterocycles. The molecule has 42 heavy (non-hydrogen) atoms. The molecule has 0 aliphatic carbocycles. The van der Waals surface area contributed by atoms with E-state index in [1.54, 1.807) is 48.3 Å². The number of fused-ring (bicyclic) bond motifs is 3. The molecule has 2 aromatic heterocycles. The van der Waals surface area contributed by atoms with Gasteiger partial charge < -0.3 is 14.4 Å². The molecule has 2 saturated heterocycles. The van der Waals surface area contributed by atoms with Gasteiger partial charge in [0.15, 0.2) is 5.82 Å². The van der Waals surface area contributed by atoms with E-state index in [4.69, 9.17) is 14.5 Å². The van der Waals surface area contributed by atoms with Gasteiger partial charge in [0, 0.05) is 36.0 Å². The Morgan fingerprint density at radius 2 is 1.86 bits per heavy atom. The van der Waals surface area contributed by atoms with Gasteiger partial charge in [-0.15, -0.1) is 0 Å². The summed E-state index contributed by atoms with van der Waals surface area (Å²) in [5, 5.41) is 1.86. The van der Waals surface area contributed by atoms with Gasteiger partial charge in [-0.1, -0.05) is 37.3 Å². The SMILES string of the molecule is CSC(C)COCCN(C)c1nc(OCC23CCCN2CCC3)nc2c(F)c(-c3cccc4cccc(F)c34)ncc12. The van der Waals surface area contributed by atoms with Crippen LogP contribution in [0.4, 0.5) is 14.6 Å². The third-order valence-corrected chi connectivity index (χ3v) is 9.66. The zero-order chi connectivity index (χ0) is 29.3. The second-order valence-electron chi connectivity index (χ2n) is 11.4. The molecule has 1 atom stereocenters. The molecule has 2 fully saturated rings. The minimum Gasteiger partial charge on any atom is -0.461 e. The summed E-state index contributed by atoms with van der Waals surface area (Å²) < 4.78 is 43.6. The van der Waals surface area contributed by atoms with E-state index in [0.29, 0.717) is 59.2 Å². The number of hydrogen-bond acceptors (Lipinski definition) is 8. The normalized spacial score (nSPS) is 17.2. The number of halogens is 2. The molecule has 0 N–H and O–H groups in total. The molecular formula is C32H37F2N5O2S. The lowest BCUT2D eigenvalue weighted by Crippen LogP contribution is -2.43. The monoisotopic (exact) mass is 593 g/mol. The summed E-state index contributed by atoms with van der Waals surface area (Å²) in [7, 11) is 1.90. The van der Waals surface area contributed by atoms with Crippen molar-refractivity contribution >= 4 is 39.3 Å². The maximum absolute atomic E-state index is 16.4. The highest BCUT2D eigenvalue weighted by atomic mass is 32.2. The van der Waals surface area contributed by atoms with Crippen LogP contribution in [-0.2, 0) is 4.74 Å². The number of benzene rings is 2. The van der Waals surface area contributed by atoms with Crippen LogP contribution < -0.4 is 9.64 Å². The van der Waals surface area contributed by atoms with Crippen LogP contribution in [0.3, 0.4) is 0 Å². The van der Waals surface area contributed by atoms with Crippen LogP contribution in [0.1, 0.15) is 32.6 Å². The molecular weight excluding hydrogens is 556 g/mol. The van der Waals surface area contributed by atoms with E-state index in [9.17, 15) is 4.39 Å². The Balaban J connectivity index is 1.38. The van der Waals surface area contributed by atoms with E-state index < -0.39 is 11.6 Å². The quantitative estimate of drug-likeness (QED) is 0.187. The fourth-order valence-corrected chi connectivity index (χ4v) is 6.57. The summed E-state index contributed by atoms with van der Waals surface area (Å²) in [5.41, 5.74) is 0.518. The Morgan fingerprint density at radius 1 is 1.10 bits per heavy atom. The standard InChI is InChI=1S/C32H37F2N5O2S/c1-21(42-3)19-40-17-16-38(2)30-24-18-35-28(23-10-4-8-22-9-5-11-25(33)26(22)23)27(34)29(24)36-31(37-30)41-20-32-12-6-14-39(32)15-7-13-32/h4-5,8-11,18,21H,6-7,12-17,19-20H2,1-3H3. The molecule has 0 spiro atoms. The number of hydrogen-bond donors (Lipinski definition) is 0. The van der Waals surface area contributed by atoms with Crippen molar-refractivity contribution in [2.45, 2.75) is 43.4 Å². The van der Waals surface area contributed by atoms with Crippen LogP contribution in [0, 0.1) is 11.6 Å². The lowest BCUT2D eigenvalue weighted by molar-refractivity contribution is 0.108. The summed E-state index contributed by atoms with van der Waals surface area (Å²) in [4.78, 5) is 18.3. The molecule has 222 valence electrons. The van der Waals surface area contributed by atoms with Crippen LogP contribution in [0.25, 0.3) is 32.9 Å². The first-order valence-corrected chi connectivity index (χ1v) is 15.9. The smallest absolute Gasteiger partial charge is 0.319 e. The van der Waals surface area contributed by atoms with Gasteiger partial charge in [0.25, 0.3) is 0 Å². The second-order valence-corrected chi connectivity index (χ2v) is 12.7. The molecule has 10 heteroatoms. The van der Waals surface area contributed by atoms with Crippen molar-refractivity contribution < 1.29 is 18.3 Å². The number of anilines is 1. The van der Waals surface area contributed by atoms with Crippen molar-refractivity contribution in [3.05, 3.63) is 54.2 Å². The zero-order valence-electron chi connectivity index (χ0n) is 24.4. The summed E-state index contributed by atoms with van der Waals surface area (Å²) >= 11 is 1.76. The van der Waals surface area contributed by atoms with Gasteiger partial charge in [0.1, 0.15) is 29.5 Å². The van der Waals surface area contributed by atoms with Crippen LogP contribution in [-0.4, -0.2) is 83.4 Å². The minimum absolute atomic E-state index is 0.00532. The molecule has 6 rings (SSSR count). The van der Waals surface area contributed by atoms with E-state index in [1.807, 2.05) is 11.9 Å². The van der Waals surface area contributed by atoms with Crippen molar-refractivity contribution in [3.8, 4) is 17.3 Å². The summed E-state index contributed by atoms with van der Waals surface area (Å²) in [6, 6.07) is 10.2. The fraction of sp³-hybridized carbons (Fsp3) is 0.469. The van der Waals surface area contributed by atoms with Crippen molar-refractivity contribution in [2.24, 2.45) is 0 Å².